The molecule has 0 radical (unpaired) electrons. The van der Waals surface area contributed by atoms with Gasteiger partial charge in [-0.3, -0.25) is 14.4 Å². The molecule has 0 unspecified atom stereocenters. The van der Waals surface area contributed by atoms with Crippen molar-refractivity contribution in [3.63, 3.8) is 0 Å². The number of nitrogens with one attached hydrogen (secondary N) is 1. The molecule has 2 aromatic carbocycles. The molecule has 0 bridgehead atoms. The van der Waals surface area contributed by atoms with Crippen molar-refractivity contribution in [1.82, 2.24) is 0 Å². The van der Waals surface area contributed by atoms with E-state index in [-0.39, 0.29) is 29.2 Å². The average Bonchev–Trinajstić information content (AvgIpc) is 3.04. The third-order valence-corrected chi connectivity index (χ3v) is 5.55. The van der Waals surface area contributed by atoms with Gasteiger partial charge in [0.2, 0.25) is 11.8 Å². The van der Waals surface area contributed by atoms with E-state index in [1.165, 1.54) is 12.0 Å². The van der Waals surface area contributed by atoms with E-state index >= 15 is 0 Å². The van der Waals surface area contributed by atoms with Crippen molar-refractivity contribution < 1.29 is 23.9 Å². The number of ether oxygens (including phenoxy) is 2. The zero-order valence-corrected chi connectivity index (χ0v) is 16.8. The Kier molecular flexibility index (Phi) is 5.27. The molecule has 1 heterocycles. The molecule has 7 nitrogen and oxygen atoms in total. The summed E-state index contributed by atoms with van der Waals surface area (Å²) in [6.45, 7) is 0. The SMILES string of the molecule is COc1ccc(NC(=O)c2ccccc2N2C(=O)[C@H]3CC=CC[C@H]3C2=O)c(OC)c1. The van der Waals surface area contributed by atoms with Crippen LogP contribution in [0.1, 0.15) is 23.2 Å². The number of fused-ring (bicyclic) bond motifs is 1. The minimum atomic E-state index is -0.442. The lowest BCUT2D eigenvalue weighted by molar-refractivity contribution is -0.122. The number of carbonyl (C=O) groups is 3. The number of benzene rings is 2. The van der Waals surface area contributed by atoms with E-state index in [1.807, 2.05) is 12.2 Å². The maximum atomic E-state index is 13.1. The van der Waals surface area contributed by atoms with E-state index in [9.17, 15) is 14.4 Å². The first-order valence-electron chi connectivity index (χ1n) is 9.70. The Balaban J connectivity index is 1.65. The van der Waals surface area contributed by atoms with Gasteiger partial charge in [-0.05, 0) is 37.1 Å². The molecule has 1 fully saturated rings. The highest BCUT2D eigenvalue weighted by Crippen LogP contribution is 2.39. The number of methoxy groups -OCH3 is 2. The van der Waals surface area contributed by atoms with Gasteiger partial charge < -0.3 is 14.8 Å². The number of para-hydroxylation sites is 1. The molecule has 7 heteroatoms. The van der Waals surface area contributed by atoms with Gasteiger partial charge in [0.05, 0.1) is 43.0 Å². The van der Waals surface area contributed by atoms with Crippen molar-refractivity contribution in [3.05, 3.63) is 60.2 Å². The summed E-state index contributed by atoms with van der Waals surface area (Å²) in [4.78, 5) is 40.2. The molecule has 2 aliphatic rings. The largest absolute Gasteiger partial charge is 0.497 e. The fourth-order valence-electron chi connectivity index (χ4n) is 3.99. The molecule has 1 N–H and O–H groups in total. The number of rotatable bonds is 5. The van der Waals surface area contributed by atoms with Crippen LogP contribution in [0.25, 0.3) is 0 Å². The molecule has 0 spiro atoms. The Hall–Kier alpha value is -3.61. The van der Waals surface area contributed by atoms with Crippen molar-refractivity contribution in [2.45, 2.75) is 12.8 Å². The molecule has 0 aromatic heterocycles. The number of anilines is 2. The number of carbonyl (C=O) groups excluding carboxylic acids is 3. The molecule has 30 heavy (non-hydrogen) atoms. The number of amides is 3. The minimum Gasteiger partial charge on any atom is -0.497 e. The van der Waals surface area contributed by atoms with E-state index in [0.29, 0.717) is 35.7 Å². The molecule has 1 saturated heterocycles. The third-order valence-electron chi connectivity index (χ3n) is 5.55. The van der Waals surface area contributed by atoms with E-state index in [0.717, 1.165) is 0 Å². The fourth-order valence-corrected chi connectivity index (χ4v) is 3.99. The van der Waals surface area contributed by atoms with E-state index in [1.54, 1.807) is 49.6 Å². The lowest BCUT2D eigenvalue weighted by atomic mass is 9.85. The lowest BCUT2D eigenvalue weighted by Crippen LogP contribution is -2.33. The zero-order chi connectivity index (χ0) is 21.3. The van der Waals surface area contributed by atoms with Crippen LogP contribution in [0, 0.1) is 11.8 Å². The number of hydrogen-bond donors (Lipinski definition) is 1. The second kappa shape index (κ2) is 8.02. The van der Waals surface area contributed by atoms with Crippen molar-refractivity contribution in [2.24, 2.45) is 11.8 Å². The van der Waals surface area contributed by atoms with Crippen molar-refractivity contribution >= 4 is 29.1 Å². The molecule has 1 aliphatic carbocycles. The van der Waals surface area contributed by atoms with Crippen LogP contribution in [0.3, 0.4) is 0 Å². The minimum absolute atomic E-state index is 0.240. The molecule has 2 atom stereocenters. The third kappa shape index (κ3) is 3.32. The Morgan fingerprint density at radius 2 is 1.63 bits per heavy atom. The first kappa shape index (κ1) is 19.7. The van der Waals surface area contributed by atoms with E-state index in [4.69, 9.17) is 9.47 Å². The van der Waals surface area contributed by atoms with Gasteiger partial charge in [-0.2, -0.15) is 0 Å². The van der Waals surface area contributed by atoms with Crippen LogP contribution in [0.4, 0.5) is 11.4 Å². The highest BCUT2D eigenvalue weighted by molar-refractivity contribution is 6.25. The second-order valence-corrected chi connectivity index (χ2v) is 7.21. The molecule has 154 valence electrons. The number of hydrogen-bond acceptors (Lipinski definition) is 5. The predicted octanol–water partition coefficient (Wildman–Crippen LogP) is 3.41. The van der Waals surface area contributed by atoms with Crippen LogP contribution in [-0.4, -0.2) is 31.9 Å². The van der Waals surface area contributed by atoms with Gasteiger partial charge in [0.1, 0.15) is 11.5 Å². The Bertz CT molecular complexity index is 1020. The van der Waals surface area contributed by atoms with Crippen LogP contribution in [-0.2, 0) is 9.59 Å². The fraction of sp³-hybridized carbons (Fsp3) is 0.261. The highest BCUT2D eigenvalue weighted by Gasteiger charge is 2.48. The van der Waals surface area contributed by atoms with Gasteiger partial charge in [-0.1, -0.05) is 24.3 Å². The van der Waals surface area contributed by atoms with Crippen LogP contribution < -0.4 is 19.7 Å². The van der Waals surface area contributed by atoms with Crippen molar-refractivity contribution in [3.8, 4) is 11.5 Å². The summed E-state index contributed by atoms with van der Waals surface area (Å²) in [7, 11) is 3.04. The Morgan fingerprint density at radius 1 is 0.967 bits per heavy atom. The molecule has 4 rings (SSSR count). The maximum absolute atomic E-state index is 13.1. The zero-order valence-electron chi connectivity index (χ0n) is 16.8. The summed E-state index contributed by atoms with van der Waals surface area (Å²) >= 11 is 0. The van der Waals surface area contributed by atoms with Crippen LogP contribution >= 0.6 is 0 Å². The van der Waals surface area contributed by atoms with Crippen molar-refractivity contribution in [1.29, 1.82) is 0 Å². The van der Waals surface area contributed by atoms with Crippen molar-refractivity contribution in [2.75, 3.05) is 24.4 Å². The highest BCUT2D eigenvalue weighted by atomic mass is 16.5. The van der Waals surface area contributed by atoms with E-state index < -0.39 is 5.91 Å². The topological polar surface area (TPSA) is 84.9 Å². The van der Waals surface area contributed by atoms with Gasteiger partial charge in [-0.25, -0.2) is 4.90 Å². The molecule has 1 aliphatic heterocycles. The van der Waals surface area contributed by atoms with Gasteiger partial charge in [0.25, 0.3) is 5.91 Å². The molecule has 2 aromatic rings. The summed E-state index contributed by atoms with van der Waals surface area (Å²) in [5.41, 5.74) is 0.991. The number of allylic oxidation sites excluding steroid dienone is 2. The first-order valence-corrected chi connectivity index (χ1v) is 9.70. The molecule has 0 saturated carbocycles. The summed E-state index contributed by atoms with van der Waals surface area (Å²) in [6, 6.07) is 11.7. The van der Waals surface area contributed by atoms with Crippen LogP contribution in [0.2, 0.25) is 0 Å². The summed E-state index contributed by atoms with van der Waals surface area (Å²) < 4.78 is 10.5. The van der Waals surface area contributed by atoms with Gasteiger partial charge in [-0.15, -0.1) is 0 Å². The second-order valence-electron chi connectivity index (χ2n) is 7.21. The molecular weight excluding hydrogens is 384 g/mol. The lowest BCUT2D eigenvalue weighted by Gasteiger charge is -2.19. The molecule has 3 amide bonds. The van der Waals surface area contributed by atoms with Gasteiger partial charge >= 0.3 is 0 Å². The number of imide groups is 1. The quantitative estimate of drug-likeness (QED) is 0.608. The Labute approximate surface area is 174 Å². The summed E-state index contributed by atoms with van der Waals surface area (Å²) in [5, 5.41) is 2.80. The smallest absolute Gasteiger partial charge is 0.257 e. The summed E-state index contributed by atoms with van der Waals surface area (Å²) in [5.74, 6) is -0.642. The predicted molar refractivity (Wildman–Crippen MR) is 112 cm³/mol. The van der Waals surface area contributed by atoms with Crippen LogP contribution in [0.5, 0.6) is 11.5 Å². The van der Waals surface area contributed by atoms with Crippen LogP contribution in [0.15, 0.2) is 54.6 Å². The monoisotopic (exact) mass is 406 g/mol. The Morgan fingerprint density at radius 3 is 2.27 bits per heavy atom. The summed E-state index contributed by atoms with van der Waals surface area (Å²) in [6.07, 6.45) is 4.96. The van der Waals surface area contributed by atoms with E-state index in [2.05, 4.69) is 5.32 Å². The first-order chi connectivity index (χ1) is 14.5. The molecular formula is C23H22N2O5. The van der Waals surface area contributed by atoms with Gasteiger partial charge in [0.15, 0.2) is 0 Å². The standard InChI is InChI=1S/C23H22N2O5/c1-29-14-11-12-18(20(13-14)30-2)24-21(26)17-9-5-6-10-19(17)25-22(27)15-7-3-4-8-16(15)23(25)28/h3-6,9-13,15-16H,7-8H2,1-2H3,(H,24,26)/t15-,16+. The maximum Gasteiger partial charge on any atom is 0.257 e. The normalized spacial score (nSPS) is 20.1. The average molecular weight is 406 g/mol. The number of nitrogens with zero attached hydrogens (tertiary/aromatic N) is 1. The van der Waals surface area contributed by atoms with Gasteiger partial charge in [0, 0.05) is 6.07 Å².